The molecule has 0 aliphatic heterocycles. The largest absolute Gasteiger partial charge is 0.306 e. The summed E-state index contributed by atoms with van der Waals surface area (Å²) in [5, 5.41) is 3.31. The third-order valence-corrected chi connectivity index (χ3v) is 4.19. The van der Waals surface area contributed by atoms with Gasteiger partial charge in [0, 0.05) is 17.5 Å². The summed E-state index contributed by atoms with van der Waals surface area (Å²) in [7, 11) is 0. The van der Waals surface area contributed by atoms with Crippen LogP contribution in [-0.4, -0.2) is 10.9 Å². The Labute approximate surface area is 110 Å². The lowest BCUT2D eigenvalue weighted by atomic mass is 10.0. The average molecular weight is 309 g/mol. The van der Waals surface area contributed by atoms with Gasteiger partial charge < -0.3 is 5.32 Å². The Morgan fingerprint density at radius 3 is 2.69 bits per heavy atom. The first-order chi connectivity index (χ1) is 7.34. The van der Waals surface area contributed by atoms with Crippen LogP contribution < -0.4 is 5.32 Å². The zero-order chi connectivity index (χ0) is 12.3. The number of alkyl halides is 1. The second-order valence-electron chi connectivity index (χ2n) is 4.40. The molecule has 1 atom stereocenters. The number of halogens is 3. The van der Waals surface area contributed by atoms with E-state index in [4.69, 9.17) is 11.6 Å². The fourth-order valence-corrected chi connectivity index (χ4v) is 1.63. The van der Waals surface area contributed by atoms with E-state index in [1.54, 1.807) is 6.07 Å². The summed E-state index contributed by atoms with van der Waals surface area (Å²) in [6, 6.07) is 5.02. The first kappa shape index (κ1) is 13.9. The Kier molecular flexibility index (Phi) is 4.77. The Hall–Kier alpha value is -0.120. The molecule has 0 saturated heterocycles. The molecule has 0 saturated carbocycles. The highest BCUT2D eigenvalue weighted by atomic mass is 79.9. The maximum Gasteiger partial charge on any atom is 0.137 e. The molecule has 4 heteroatoms. The van der Waals surface area contributed by atoms with Crippen LogP contribution in [0, 0.1) is 5.82 Å². The summed E-state index contributed by atoms with van der Waals surface area (Å²) in [5.41, 5.74) is 0.707. The predicted molar refractivity (Wildman–Crippen MR) is 70.3 cm³/mol. The fraction of sp³-hybridized carbons (Fsp3) is 0.500. The van der Waals surface area contributed by atoms with Crippen LogP contribution in [0.4, 0.5) is 4.39 Å². The molecule has 0 fully saturated rings. The minimum Gasteiger partial charge on any atom is -0.306 e. The van der Waals surface area contributed by atoms with E-state index in [9.17, 15) is 4.39 Å². The molecule has 0 aliphatic rings. The third-order valence-electron chi connectivity index (χ3n) is 2.76. The van der Waals surface area contributed by atoms with Gasteiger partial charge in [-0.15, -0.1) is 11.6 Å². The molecule has 0 spiro atoms. The van der Waals surface area contributed by atoms with E-state index in [0.717, 1.165) is 5.56 Å². The zero-order valence-corrected chi connectivity index (χ0v) is 12.0. The maximum atomic E-state index is 13.3. The van der Waals surface area contributed by atoms with Crippen molar-refractivity contribution >= 4 is 27.5 Å². The molecule has 1 aromatic rings. The fourth-order valence-electron chi connectivity index (χ4n) is 1.15. The van der Waals surface area contributed by atoms with Crippen molar-refractivity contribution in [1.82, 2.24) is 5.32 Å². The van der Waals surface area contributed by atoms with E-state index in [1.165, 1.54) is 6.07 Å². The summed E-state index contributed by atoms with van der Waals surface area (Å²) in [6.45, 7) is 6.58. The van der Waals surface area contributed by atoms with Gasteiger partial charge in [0.1, 0.15) is 5.82 Å². The van der Waals surface area contributed by atoms with Gasteiger partial charge in [-0.25, -0.2) is 4.39 Å². The van der Waals surface area contributed by atoms with Gasteiger partial charge in [0.25, 0.3) is 0 Å². The van der Waals surface area contributed by atoms with Gasteiger partial charge in [0.05, 0.1) is 4.47 Å². The van der Waals surface area contributed by atoms with Gasteiger partial charge in [-0.2, -0.15) is 0 Å². The normalized spacial score (nSPS) is 13.9. The first-order valence-corrected chi connectivity index (χ1v) is 6.39. The van der Waals surface area contributed by atoms with Crippen LogP contribution in [0.3, 0.4) is 0 Å². The lowest BCUT2D eigenvalue weighted by molar-refractivity contribution is 0.379. The number of rotatable bonds is 4. The minimum absolute atomic E-state index is 0.000153. The molecule has 0 bridgehead atoms. The van der Waals surface area contributed by atoms with Crippen LogP contribution in [0.5, 0.6) is 0 Å². The first-order valence-electron chi connectivity index (χ1n) is 5.16. The molecule has 1 aromatic carbocycles. The van der Waals surface area contributed by atoms with Crippen molar-refractivity contribution in [3.05, 3.63) is 34.1 Å². The van der Waals surface area contributed by atoms with Gasteiger partial charge in [-0.05, 0) is 48.3 Å². The number of hydrogen-bond donors (Lipinski definition) is 1. The Balaban J connectivity index is 2.72. The molecular formula is C12H16BrClFN. The summed E-state index contributed by atoms with van der Waals surface area (Å²) >= 11 is 9.30. The number of hydrogen-bond acceptors (Lipinski definition) is 1. The summed E-state index contributed by atoms with van der Waals surface area (Å²) < 4.78 is 13.8. The molecule has 0 aromatic heterocycles. The topological polar surface area (TPSA) is 12.0 Å². The van der Waals surface area contributed by atoms with Crippen LogP contribution >= 0.6 is 27.5 Å². The lowest BCUT2D eigenvalue weighted by Gasteiger charge is -2.29. The second kappa shape index (κ2) is 5.48. The van der Waals surface area contributed by atoms with E-state index in [1.807, 2.05) is 26.8 Å². The van der Waals surface area contributed by atoms with Crippen molar-refractivity contribution in [3.8, 4) is 0 Å². The van der Waals surface area contributed by atoms with Crippen LogP contribution in [0.1, 0.15) is 26.3 Å². The van der Waals surface area contributed by atoms with Crippen LogP contribution in [0.2, 0.25) is 0 Å². The number of nitrogens with one attached hydrogen (secondary N) is 1. The molecule has 1 rings (SSSR count). The quantitative estimate of drug-likeness (QED) is 0.826. The summed E-state index contributed by atoms with van der Waals surface area (Å²) in [4.78, 5) is 0. The molecule has 1 nitrogen and oxygen atoms in total. The van der Waals surface area contributed by atoms with Crippen LogP contribution in [0.25, 0.3) is 0 Å². The third kappa shape index (κ3) is 3.44. The SMILES string of the molecule is CC(Cl)C(C)(C)NCc1cccc(F)c1Br. The van der Waals surface area contributed by atoms with Crippen molar-refractivity contribution < 1.29 is 4.39 Å². The summed E-state index contributed by atoms with van der Waals surface area (Å²) in [5.74, 6) is -0.240. The molecule has 0 aliphatic carbocycles. The minimum atomic E-state index is -0.240. The smallest absolute Gasteiger partial charge is 0.137 e. The second-order valence-corrected chi connectivity index (χ2v) is 5.85. The van der Waals surface area contributed by atoms with E-state index in [-0.39, 0.29) is 16.7 Å². The highest BCUT2D eigenvalue weighted by Gasteiger charge is 2.23. The average Bonchev–Trinajstić information content (AvgIpc) is 2.20. The molecule has 0 amide bonds. The number of benzene rings is 1. The lowest BCUT2D eigenvalue weighted by Crippen LogP contribution is -2.45. The van der Waals surface area contributed by atoms with E-state index in [2.05, 4.69) is 21.2 Å². The van der Waals surface area contributed by atoms with E-state index < -0.39 is 0 Å². The van der Waals surface area contributed by atoms with Crippen molar-refractivity contribution in [2.45, 2.75) is 38.2 Å². The van der Waals surface area contributed by atoms with Gasteiger partial charge in [0.15, 0.2) is 0 Å². The molecule has 1 unspecified atom stereocenters. The highest BCUT2D eigenvalue weighted by Crippen LogP contribution is 2.22. The monoisotopic (exact) mass is 307 g/mol. The van der Waals surface area contributed by atoms with Crippen molar-refractivity contribution in [2.24, 2.45) is 0 Å². The van der Waals surface area contributed by atoms with Gasteiger partial charge in [0.2, 0.25) is 0 Å². The summed E-state index contributed by atoms with van der Waals surface area (Å²) in [6.07, 6.45) is 0. The Morgan fingerprint density at radius 1 is 1.50 bits per heavy atom. The molecule has 16 heavy (non-hydrogen) atoms. The van der Waals surface area contributed by atoms with E-state index in [0.29, 0.717) is 11.0 Å². The molecule has 0 radical (unpaired) electrons. The maximum absolute atomic E-state index is 13.3. The van der Waals surface area contributed by atoms with Gasteiger partial charge in [-0.3, -0.25) is 0 Å². The molecular weight excluding hydrogens is 292 g/mol. The van der Waals surface area contributed by atoms with Gasteiger partial charge >= 0.3 is 0 Å². The van der Waals surface area contributed by atoms with Crippen molar-refractivity contribution in [3.63, 3.8) is 0 Å². The van der Waals surface area contributed by atoms with Crippen molar-refractivity contribution in [2.75, 3.05) is 0 Å². The van der Waals surface area contributed by atoms with E-state index >= 15 is 0 Å². The zero-order valence-electron chi connectivity index (χ0n) is 9.65. The Bertz CT molecular complexity index is 366. The predicted octanol–water partition coefficient (Wildman–Crippen LogP) is 4.08. The highest BCUT2D eigenvalue weighted by molar-refractivity contribution is 9.10. The van der Waals surface area contributed by atoms with Gasteiger partial charge in [-0.1, -0.05) is 12.1 Å². The molecule has 0 heterocycles. The molecule has 90 valence electrons. The van der Waals surface area contributed by atoms with Crippen molar-refractivity contribution in [1.29, 1.82) is 0 Å². The van der Waals surface area contributed by atoms with Crippen LogP contribution in [-0.2, 0) is 6.54 Å². The molecule has 1 N–H and O–H groups in total. The van der Waals surface area contributed by atoms with Crippen LogP contribution in [0.15, 0.2) is 22.7 Å². The standard InChI is InChI=1S/C12H16BrClFN/c1-8(14)12(2,3)16-7-9-5-4-6-10(15)11(9)13/h4-6,8,16H,7H2,1-3H3. The Morgan fingerprint density at radius 2 is 2.12 bits per heavy atom.